The molecule has 0 saturated carbocycles. The number of carbonyl (C=O) groups excluding carboxylic acids is 2. The van der Waals surface area contributed by atoms with Crippen LogP contribution in [0, 0.1) is 5.92 Å². The summed E-state index contributed by atoms with van der Waals surface area (Å²) in [7, 11) is 0. The molecule has 0 radical (unpaired) electrons. The highest BCUT2D eigenvalue weighted by Crippen LogP contribution is 2.37. The van der Waals surface area contributed by atoms with Gasteiger partial charge >= 0.3 is 6.03 Å². The zero-order valence-electron chi connectivity index (χ0n) is 14.5. The lowest BCUT2D eigenvalue weighted by molar-refractivity contribution is -0.119. The molecule has 2 aromatic carbocycles. The molecule has 1 aliphatic carbocycles. The van der Waals surface area contributed by atoms with Crippen LogP contribution in [0.2, 0.25) is 0 Å². The molecule has 0 heterocycles. The molecule has 130 valence electrons. The second kappa shape index (κ2) is 6.97. The summed E-state index contributed by atoms with van der Waals surface area (Å²) in [4.78, 5) is 23.8. The first-order valence-electron chi connectivity index (χ1n) is 8.57. The number of nitrogens with one attached hydrogen (secondary N) is 2. The minimum atomic E-state index is -0.690. The Balaban J connectivity index is 1.78. The highest BCUT2D eigenvalue weighted by molar-refractivity contribution is 5.97. The molecule has 0 spiro atoms. The Hall–Kier alpha value is -2.82. The summed E-state index contributed by atoms with van der Waals surface area (Å²) in [6, 6.07) is 12.9. The van der Waals surface area contributed by atoms with Gasteiger partial charge in [0.2, 0.25) is 5.91 Å². The number of urea groups is 1. The average Bonchev–Trinajstić information content (AvgIpc) is 2.96. The van der Waals surface area contributed by atoms with E-state index in [2.05, 4.69) is 22.8 Å². The summed E-state index contributed by atoms with van der Waals surface area (Å²) in [5.41, 5.74) is 10.9. The van der Waals surface area contributed by atoms with Gasteiger partial charge in [-0.3, -0.25) is 4.79 Å². The van der Waals surface area contributed by atoms with Crippen LogP contribution < -0.4 is 16.4 Å². The van der Waals surface area contributed by atoms with Crippen LogP contribution in [0.3, 0.4) is 0 Å². The van der Waals surface area contributed by atoms with Crippen LogP contribution in [0.1, 0.15) is 31.4 Å². The minimum Gasteiger partial charge on any atom is -0.352 e. The normalized spacial score (nSPS) is 14.2. The minimum absolute atomic E-state index is 0.00816. The largest absolute Gasteiger partial charge is 0.352 e. The first-order chi connectivity index (χ1) is 12.0. The van der Waals surface area contributed by atoms with Gasteiger partial charge in [0.25, 0.3) is 0 Å². The third-order valence-electron chi connectivity index (χ3n) is 4.85. The molecule has 3 amide bonds. The maximum absolute atomic E-state index is 12.6. The number of hydrogen-bond donors (Lipinski definition) is 3. The van der Waals surface area contributed by atoms with Crippen molar-refractivity contribution in [3.8, 4) is 11.1 Å². The van der Waals surface area contributed by atoms with Crippen molar-refractivity contribution in [2.45, 2.75) is 32.7 Å². The predicted octanol–water partition coefficient (Wildman–Crippen LogP) is 3.28. The number of hydrogen-bond acceptors (Lipinski definition) is 2. The van der Waals surface area contributed by atoms with Crippen molar-refractivity contribution in [3.05, 3.63) is 53.6 Å². The van der Waals surface area contributed by atoms with Crippen molar-refractivity contribution in [1.82, 2.24) is 5.32 Å². The Bertz CT molecular complexity index is 816. The number of benzene rings is 2. The van der Waals surface area contributed by atoms with E-state index in [9.17, 15) is 9.59 Å². The SMILES string of the molecule is CC[C@@H](C)[C@@H](NC(N)=O)C(=O)Nc1ccc2c(c1)Cc1ccccc1-2. The summed E-state index contributed by atoms with van der Waals surface area (Å²) in [5.74, 6) is -0.255. The molecule has 5 heteroatoms. The molecule has 1 aliphatic rings. The van der Waals surface area contributed by atoms with E-state index in [1.54, 1.807) is 0 Å². The monoisotopic (exact) mass is 337 g/mol. The molecule has 3 rings (SSSR count). The van der Waals surface area contributed by atoms with Crippen molar-refractivity contribution >= 4 is 17.6 Å². The van der Waals surface area contributed by atoms with Gasteiger partial charge in [0.15, 0.2) is 0 Å². The second-order valence-electron chi connectivity index (χ2n) is 6.57. The van der Waals surface area contributed by atoms with Crippen LogP contribution in [0.15, 0.2) is 42.5 Å². The van der Waals surface area contributed by atoms with Crippen LogP contribution in [0.4, 0.5) is 10.5 Å². The zero-order valence-corrected chi connectivity index (χ0v) is 14.5. The van der Waals surface area contributed by atoms with Crippen LogP contribution in [-0.2, 0) is 11.2 Å². The zero-order chi connectivity index (χ0) is 18.0. The standard InChI is InChI=1S/C20H23N3O2/c1-3-12(2)18(23-20(21)25)19(24)22-15-8-9-17-14(11-15)10-13-6-4-5-7-16(13)17/h4-9,11-12,18H,3,10H2,1-2H3,(H,22,24)(H3,21,23,25)/t12-,18-/m1/s1. The van der Waals surface area contributed by atoms with Gasteiger partial charge in [-0.1, -0.05) is 50.6 Å². The predicted molar refractivity (Wildman–Crippen MR) is 99.3 cm³/mol. The molecule has 0 unspecified atom stereocenters. The molecule has 0 bridgehead atoms. The van der Waals surface area contributed by atoms with E-state index >= 15 is 0 Å². The van der Waals surface area contributed by atoms with Crippen molar-refractivity contribution < 1.29 is 9.59 Å². The van der Waals surface area contributed by atoms with Crippen molar-refractivity contribution in [2.75, 3.05) is 5.32 Å². The van der Waals surface area contributed by atoms with E-state index in [1.165, 1.54) is 22.3 Å². The summed E-state index contributed by atoms with van der Waals surface area (Å²) < 4.78 is 0. The maximum atomic E-state index is 12.6. The Morgan fingerprint density at radius 2 is 1.84 bits per heavy atom. The molecule has 0 aromatic heterocycles. The van der Waals surface area contributed by atoms with Crippen molar-refractivity contribution in [1.29, 1.82) is 0 Å². The number of fused-ring (bicyclic) bond motifs is 3. The summed E-state index contributed by atoms with van der Waals surface area (Å²) >= 11 is 0. The maximum Gasteiger partial charge on any atom is 0.312 e. The van der Waals surface area contributed by atoms with Gasteiger partial charge < -0.3 is 16.4 Å². The lowest BCUT2D eigenvalue weighted by Gasteiger charge is -2.22. The summed E-state index contributed by atoms with van der Waals surface area (Å²) in [5, 5.41) is 5.45. The van der Waals surface area contributed by atoms with Crippen molar-refractivity contribution in [3.63, 3.8) is 0 Å². The van der Waals surface area contributed by atoms with E-state index < -0.39 is 12.1 Å². The molecule has 0 fully saturated rings. The van der Waals surface area contributed by atoms with Gasteiger partial charge in [-0.15, -0.1) is 0 Å². The number of primary amides is 1. The average molecular weight is 337 g/mol. The fourth-order valence-corrected chi connectivity index (χ4v) is 3.30. The van der Waals surface area contributed by atoms with Gasteiger partial charge in [0.05, 0.1) is 0 Å². The van der Waals surface area contributed by atoms with Gasteiger partial charge in [0.1, 0.15) is 6.04 Å². The number of anilines is 1. The molecular weight excluding hydrogens is 314 g/mol. The van der Waals surface area contributed by atoms with Gasteiger partial charge in [-0.25, -0.2) is 4.79 Å². The van der Waals surface area contributed by atoms with E-state index in [4.69, 9.17) is 5.73 Å². The Labute approximate surface area is 147 Å². The highest BCUT2D eigenvalue weighted by Gasteiger charge is 2.26. The molecule has 0 aliphatic heterocycles. The molecule has 2 aromatic rings. The first kappa shape index (κ1) is 17.0. The van der Waals surface area contributed by atoms with E-state index in [0.29, 0.717) is 0 Å². The van der Waals surface area contributed by atoms with Gasteiger partial charge in [-0.2, -0.15) is 0 Å². The fourth-order valence-electron chi connectivity index (χ4n) is 3.30. The fraction of sp³-hybridized carbons (Fsp3) is 0.300. The van der Waals surface area contributed by atoms with E-state index in [0.717, 1.165) is 18.5 Å². The molecular formula is C20H23N3O2. The molecule has 5 nitrogen and oxygen atoms in total. The lowest BCUT2D eigenvalue weighted by Crippen LogP contribution is -2.49. The second-order valence-corrected chi connectivity index (χ2v) is 6.57. The Kier molecular flexibility index (Phi) is 4.74. The van der Waals surface area contributed by atoms with Crippen LogP contribution in [-0.4, -0.2) is 18.0 Å². The summed E-state index contributed by atoms with van der Waals surface area (Å²) in [6.45, 7) is 3.89. The highest BCUT2D eigenvalue weighted by atomic mass is 16.2. The summed E-state index contributed by atoms with van der Waals surface area (Å²) in [6.07, 6.45) is 1.63. The van der Waals surface area contributed by atoms with Gasteiger partial charge in [0, 0.05) is 5.69 Å². The third-order valence-corrected chi connectivity index (χ3v) is 4.85. The Morgan fingerprint density at radius 1 is 1.12 bits per heavy atom. The molecule has 0 saturated heterocycles. The number of carbonyl (C=O) groups is 2. The van der Waals surface area contributed by atoms with Crippen LogP contribution in [0.25, 0.3) is 11.1 Å². The smallest absolute Gasteiger partial charge is 0.312 e. The first-order valence-corrected chi connectivity index (χ1v) is 8.57. The van der Waals surface area contributed by atoms with E-state index in [1.807, 2.05) is 44.2 Å². The van der Waals surface area contributed by atoms with Gasteiger partial charge in [-0.05, 0) is 46.7 Å². The molecule has 2 atom stereocenters. The molecule has 4 N–H and O–H groups in total. The number of nitrogens with two attached hydrogens (primary N) is 1. The topological polar surface area (TPSA) is 84.2 Å². The quantitative estimate of drug-likeness (QED) is 0.667. The van der Waals surface area contributed by atoms with Crippen LogP contribution in [0.5, 0.6) is 0 Å². The van der Waals surface area contributed by atoms with Crippen molar-refractivity contribution in [2.24, 2.45) is 11.7 Å². The number of amides is 3. The van der Waals surface area contributed by atoms with Crippen LogP contribution >= 0.6 is 0 Å². The Morgan fingerprint density at radius 3 is 2.56 bits per heavy atom. The van der Waals surface area contributed by atoms with E-state index in [-0.39, 0.29) is 11.8 Å². The molecule has 25 heavy (non-hydrogen) atoms. The number of rotatable bonds is 5. The third kappa shape index (κ3) is 3.50. The lowest BCUT2D eigenvalue weighted by atomic mass is 9.98.